The maximum atomic E-state index is 8.87. The predicted octanol–water partition coefficient (Wildman–Crippen LogP) is 3.12. The van der Waals surface area contributed by atoms with Crippen LogP contribution >= 0.6 is 18.8 Å². The fraction of sp³-hybridized carbons (Fsp3) is 0.300. The molecule has 3 N–H and O–H groups in total. The summed E-state index contributed by atoms with van der Waals surface area (Å²) in [5.41, 5.74) is 0.371. The predicted molar refractivity (Wildman–Crippen MR) is 67.5 cm³/mol. The summed E-state index contributed by atoms with van der Waals surface area (Å²) in [6.07, 6.45) is 0. The van der Waals surface area contributed by atoms with Crippen molar-refractivity contribution >= 4 is 18.8 Å². The van der Waals surface area contributed by atoms with Gasteiger partial charge in [-0.05, 0) is 0 Å². The van der Waals surface area contributed by atoms with Crippen molar-refractivity contribution in [2.45, 2.75) is 0 Å². The summed E-state index contributed by atoms with van der Waals surface area (Å²) >= 11 is -0.472. The third kappa shape index (κ3) is 5.79. The van der Waals surface area contributed by atoms with Crippen molar-refractivity contribution in [3.63, 3.8) is 0 Å². The molecule has 1 aromatic carbocycles. The second kappa shape index (κ2) is 11.4. The van der Waals surface area contributed by atoms with Gasteiger partial charge in [-0.15, -0.1) is 0 Å². The first-order chi connectivity index (χ1) is 8.18. The number of ether oxygens (including phenoxy) is 3. The summed E-state index contributed by atoms with van der Waals surface area (Å²) in [5, 5.41) is 8.87. The van der Waals surface area contributed by atoms with Gasteiger partial charge in [-0.25, -0.2) is 0 Å². The quantitative estimate of drug-likeness (QED) is 0.725. The van der Waals surface area contributed by atoms with Crippen LogP contribution in [0.5, 0.6) is 17.2 Å². The molecule has 0 fully saturated rings. The molecule has 0 spiro atoms. The molecule has 106 valence electrons. The molecule has 1 aromatic rings. The van der Waals surface area contributed by atoms with E-state index in [1.54, 1.807) is 19.2 Å². The Hall–Kier alpha value is -0.662. The van der Waals surface area contributed by atoms with Gasteiger partial charge in [0.25, 0.3) is 0 Å². The molecule has 5 nitrogen and oxygen atoms in total. The normalized spacial score (nSPS) is 8.22. The third-order valence-corrected chi connectivity index (χ3v) is 1.83. The first-order valence-corrected chi connectivity index (χ1v) is 9.84. The van der Waals surface area contributed by atoms with Gasteiger partial charge >= 0.3 is 35.3 Å². The van der Waals surface area contributed by atoms with Crippen LogP contribution in [0.2, 0.25) is 0 Å². The molecule has 0 radical (unpaired) electrons. The van der Waals surface area contributed by atoms with Gasteiger partial charge in [-0.3, -0.25) is 0 Å². The van der Waals surface area contributed by atoms with Crippen molar-refractivity contribution in [2.75, 3.05) is 21.3 Å². The van der Waals surface area contributed by atoms with Gasteiger partial charge in [-0.2, -0.15) is 5.26 Å². The summed E-state index contributed by atoms with van der Waals surface area (Å²) in [5.74, 6) is 1.49. The van der Waals surface area contributed by atoms with Crippen LogP contribution in [0.15, 0.2) is 12.1 Å². The summed E-state index contributed by atoms with van der Waals surface area (Å²) in [6.45, 7) is 0. The summed E-state index contributed by atoms with van der Waals surface area (Å²) in [6, 6.07) is 5.29. The van der Waals surface area contributed by atoms with Crippen LogP contribution in [0.25, 0.3) is 0 Å². The van der Waals surface area contributed by atoms with Crippen molar-refractivity contribution in [3.8, 4) is 23.3 Å². The van der Waals surface area contributed by atoms with E-state index in [0.29, 0.717) is 22.8 Å². The summed E-state index contributed by atoms with van der Waals surface area (Å²) in [7, 11) is 14.3. The van der Waals surface area contributed by atoms with Crippen LogP contribution in [-0.4, -0.2) is 21.3 Å². The molecule has 0 unspecified atom stereocenters. The molecule has 18 heavy (non-hydrogen) atoms. The molecule has 0 aliphatic rings. The Morgan fingerprint density at radius 3 is 1.67 bits per heavy atom. The zero-order chi connectivity index (χ0) is 13.3. The minimum atomic E-state index is -0.472. The molecular formula is C10H14Cl2N2O3Pt. The molecule has 0 aliphatic heterocycles. The van der Waals surface area contributed by atoms with Gasteiger partial charge in [-0.1, -0.05) is 0 Å². The van der Waals surface area contributed by atoms with Crippen molar-refractivity contribution in [3.05, 3.63) is 17.7 Å². The first kappa shape index (κ1) is 19.7. The molecule has 0 saturated heterocycles. The van der Waals surface area contributed by atoms with Gasteiger partial charge in [0.1, 0.15) is 28.9 Å². The number of hydrogen-bond acceptors (Lipinski definition) is 5. The Morgan fingerprint density at radius 1 is 1.06 bits per heavy atom. The topological polar surface area (TPSA) is 86.5 Å². The monoisotopic (exact) mass is 475 g/mol. The van der Waals surface area contributed by atoms with Crippen molar-refractivity contribution < 1.29 is 30.7 Å². The van der Waals surface area contributed by atoms with Crippen LogP contribution < -0.4 is 20.4 Å². The van der Waals surface area contributed by atoms with Gasteiger partial charge in [0, 0.05) is 12.1 Å². The Labute approximate surface area is 123 Å². The van der Waals surface area contributed by atoms with E-state index in [4.69, 9.17) is 38.3 Å². The van der Waals surface area contributed by atoms with Gasteiger partial charge in [0.2, 0.25) is 0 Å². The third-order valence-electron chi connectivity index (χ3n) is 1.83. The molecule has 0 aromatic heterocycles. The van der Waals surface area contributed by atoms with E-state index in [0.717, 1.165) is 0 Å². The van der Waals surface area contributed by atoms with E-state index in [1.807, 2.05) is 6.07 Å². The average Bonchev–Trinajstić information content (AvgIpc) is 2.37. The number of halogens is 2. The van der Waals surface area contributed by atoms with Crippen molar-refractivity contribution in [1.29, 1.82) is 5.26 Å². The average molecular weight is 476 g/mol. The molecule has 0 amide bonds. The van der Waals surface area contributed by atoms with E-state index < -0.39 is 16.5 Å². The van der Waals surface area contributed by atoms with E-state index in [1.165, 1.54) is 14.2 Å². The van der Waals surface area contributed by atoms with E-state index in [-0.39, 0.29) is 6.15 Å². The van der Waals surface area contributed by atoms with Crippen molar-refractivity contribution in [2.24, 2.45) is 0 Å². The van der Waals surface area contributed by atoms with E-state index in [9.17, 15) is 0 Å². The number of hydrogen-bond donors (Lipinski definition) is 1. The number of nitrogens with zero attached hydrogens (tertiary/aromatic N) is 1. The fourth-order valence-corrected chi connectivity index (χ4v) is 1.12. The molecule has 0 heterocycles. The SMILES string of the molecule is COc1cc(OC)c(C#N)c(OC)c1.N.[Cl][Pt][Cl]. The molecule has 0 aliphatic carbocycles. The number of methoxy groups -OCH3 is 3. The van der Waals surface area contributed by atoms with Crippen LogP contribution in [-0.2, 0) is 16.5 Å². The molecular weight excluding hydrogens is 462 g/mol. The Bertz CT molecular complexity index is 374. The number of nitriles is 1. The first-order valence-electron chi connectivity index (χ1n) is 4.20. The Balaban J connectivity index is 0. The second-order valence-electron chi connectivity index (χ2n) is 2.56. The minimum absolute atomic E-state index is 0. The van der Waals surface area contributed by atoms with Crippen molar-refractivity contribution in [1.82, 2.24) is 6.15 Å². The summed E-state index contributed by atoms with van der Waals surface area (Å²) in [4.78, 5) is 0. The summed E-state index contributed by atoms with van der Waals surface area (Å²) < 4.78 is 15.1. The Kier molecular flexibility index (Phi) is 12.5. The maximum absolute atomic E-state index is 8.87. The Morgan fingerprint density at radius 2 is 1.44 bits per heavy atom. The second-order valence-corrected chi connectivity index (χ2v) is 5.85. The standard InChI is InChI=1S/C10H11NO3.2ClH.H3N.Pt/c1-12-7-4-9(13-2)8(6-11)10(5-7)14-3;;;;/h4-5H,1-3H3;2*1H;1H3;/q;;;;+2/p-2. The van der Waals surface area contributed by atoms with E-state index >= 15 is 0 Å². The molecule has 1 rings (SSSR count). The van der Waals surface area contributed by atoms with Gasteiger partial charge < -0.3 is 20.4 Å². The molecule has 0 bridgehead atoms. The molecule has 0 saturated carbocycles. The van der Waals surface area contributed by atoms with Gasteiger partial charge in [0.15, 0.2) is 0 Å². The molecule has 8 heteroatoms. The number of benzene rings is 1. The zero-order valence-electron chi connectivity index (χ0n) is 10.1. The zero-order valence-corrected chi connectivity index (χ0v) is 13.9. The van der Waals surface area contributed by atoms with Crippen LogP contribution in [0, 0.1) is 11.3 Å². The number of rotatable bonds is 3. The van der Waals surface area contributed by atoms with Gasteiger partial charge in [0.05, 0.1) is 21.3 Å². The molecule has 0 atom stereocenters. The van der Waals surface area contributed by atoms with E-state index in [2.05, 4.69) is 0 Å². The fourth-order valence-electron chi connectivity index (χ4n) is 1.12. The van der Waals surface area contributed by atoms with Crippen LogP contribution in [0.4, 0.5) is 0 Å². The van der Waals surface area contributed by atoms with Crippen LogP contribution in [0.1, 0.15) is 5.56 Å². The van der Waals surface area contributed by atoms with Crippen LogP contribution in [0.3, 0.4) is 0 Å².